The minimum Gasteiger partial charge on any atom is -0.318 e. The average molecular weight is 315 g/mol. The van der Waals surface area contributed by atoms with Crippen molar-refractivity contribution in [2.24, 2.45) is 5.73 Å². The van der Waals surface area contributed by atoms with E-state index >= 15 is 0 Å². The molecule has 1 unspecified atom stereocenters. The number of rotatable bonds is 2. The van der Waals surface area contributed by atoms with Crippen molar-refractivity contribution in [3.8, 4) is 0 Å². The fourth-order valence-electron chi connectivity index (χ4n) is 1.43. The van der Waals surface area contributed by atoms with Crippen LogP contribution < -0.4 is 5.73 Å². The summed E-state index contributed by atoms with van der Waals surface area (Å²) in [5, 5.41) is 6.13. The molecule has 106 valence electrons. The van der Waals surface area contributed by atoms with E-state index in [4.69, 9.17) is 5.73 Å². The lowest BCUT2D eigenvalue weighted by Gasteiger charge is -2.12. The Kier molecular flexibility index (Phi) is 6.28. The third-order valence-corrected chi connectivity index (χ3v) is 2.30. The molecule has 0 amide bonds. The van der Waals surface area contributed by atoms with E-state index in [9.17, 15) is 13.2 Å². The van der Waals surface area contributed by atoms with E-state index in [0.29, 0.717) is 11.4 Å². The number of H-pyrrole nitrogens is 1. The first kappa shape index (κ1) is 17.7. The molecule has 4 nitrogen and oxygen atoms in total. The van der Waals surface area contributed by atoms with Gasteiger partial charge in [-0.1, -0.05) is 12.1 Å². The molecule has 2 rings (SSSR count). The second-order valence-corrected chi connectivity index (χ2v) is 3.47. The first-order valence-corrected chi connectivity index (χ1v) is 4.76. The van der Waals surface area contributed by atoms with Crippen LogP contribution in [0.4, 0.5) is 13.2 Å². The number of nitrogens with two attached hydrogens (primary N) is 1. The molecule has 0 saturated carbocycles. The number of nitrogens with one attached hydrogen (secondary N) is 1. The standard InChI is InChI=1S/C10H9F3N4.2ClH/c11-10(12,13)7-3-1-2-6(4-7)8(14)9-15-5-16-17-9;;/h1-5,8H,14H2,(H,15,16,17);2*1H. The van der Waals surface area contributed by atoms with Crippen LogP contribution in [0.25, 0.3) is 0 Å². The van der Waals surface area contributed by atoms with Gasteiger partial charge in [-0.15, -0.1) is 24.8 Å². The third kappa shape index (κ3) is 4.09. The molecule has 1 heterocycles. The normalized spacial score (nSPS) is 12.2. The topological polar surface area (TPSA) is 67.6 Å². The molecule has 0 fully saturated rings. The Morgan fingerprint density at radius 2 is 1.89 bits per heavy atom. The van der Waals surface area contributed by atoms with Crippen LogP contribution in [0.3, 0.4) is 0 Å². The van der Waals surface area contributed by atoms with Gasteiger partial charge in [0.05, 0.1) is 11.6 Å². The lowest BCUT2D eigenvalue weighted by Crippen LogP contribution is -2.15. The fraction of sp³-hybridized carbons (Fsp3) is 0.200. The van der Waals surface area contributed by atoms with E-state index in [2.05, 4.69) is 15.2 Å². The maximum atomic E-state index is 12.5. The molecule has 0 aliphatic carbocycles. The summed E-state index contributed by atoms with van der Waals surface area (Å²) in [4.78, 5) is 3.81. The van der Waals surface area contributed by atoms with Crippen molar-refractivity contribution in [3.63, 3.8) is 0 Å². The Labute approximate surface area is 119 Å². The van der Waals surface area contributed by atoms with Crippen LogP contribution in [-0.2, 0) is 6.18 Å². The predicted octanol–water partition coefficient (Wildman–Crippen LogP) is 2.72. The van der Waals surface area contributed by atoms with E-state index < -0.39 is 17.8 Å². The lowest BCUT2D eigenvalue weighted by molar-refractivity contribution is -0.137. The maximum absolute atomic E-state index is 12.5. The van der Waals surface area contributed by atoms with Gasteiger partial charge < -0.3 is 5.73 Å². The fourth-order valence-corrected chi connectivity index (χ4v) is 1.43. The van der Waals surface area contributed by atoms with Gasteiger partial charge in [-0.2, -0.15) is 18.3 Å². The van der Waals surface area contributed by atoms with Crippen LogP contribution >= 0.6 is 24.8 Å². The van der Waals surface area contributed by atoms with E-state index in [1.165, 1.54) is 18.5 Å². The lowest BCUT2D eigenvalue weighted by atomic mass is 10.0. The van der Waals surface area contributed by atoms with E-state index in [1.54, 1.807) is 0 Å². The molecule has 0 bridgehead atoms. The van der Waals surface area contributed by atoms with Gasteiger partial charge in [0.2, 0.25) is 0 Å². The summed E-state index contributed by atoms with van der Waals surface area (Å²) >= 11 is 0. The molecule has 9 heteroatoms. The average Bonchev–Trinajstić information content (AvgIpc) is 2.80. The number of aromatic amines is 1. The monoisotopic (exact) mass is 314 g/mol. The van der Waals surface area contributed by atoms with Crippen molar-refractivity contribution in [2.75, 3.05) is 0 Å². The molecule has 1 aromatic carbocycles. The van der Waals surface area contributed by atoms with Crippen LogP contribution in [0.1, 0.15) is 23.0 Å². The van der Waals surface area contributed by atoms with Gasteiger partial charge in [0.1, 0.15) is 12.2 Å². The predicted molar refractivity (Wildman–Crippen MR) is 68.4 cm³/mol. The second kappa shape index (κ2) is 6.74. The van der Waals surface area contributed by atoms with Gasteiger partial charge >= 0.3 is 6.18 Å². The SMILES string of the molecule is Cl.Cl.NC(c1cccc(C(F)(F)F)c1)c1ncn[nH]1. The molecule has 0 radical (unpaired) electrons. The van der Waals surface area contributed by atoms with Crippen molar-refractivity contribution in [1.82, 2.24) is 15.2 Å². The minimum atomic E-state index is -4.38. The van der Waals surface area contributed by atoms with Gasteiger partial charge in [0.15, 0.2) is 0 Å². The van der Waals surface area contributed by atoms with Crippen LogP contribution in [-0.4, -0.2) is 15.2 Å². The number of alkyl halides is 3. The van der Waals surface area contributed by atoms with Crippen LogP contribution in [0, 0.1) is 0 Å². The summed E-state index contributed by atoms with van der Waals surface area (Å²) in [7, 11) is 0. The van der Waals surface area contributed by atoms with Crippen molar-refractivity contribution in [3.05, 3.63) is 47.5 Å². The third-order valence-electron chi connectivity index (χ3n) is 2.30. The molecule has 0 spiro atoms. The number of aromatic nitrogens is 3. The summed E-state index contributed by atoms with van der Waals surface area (Å²) in [5.74, 6) is 0.323. The highest BCUT2D eigenvalue weighted by Crippen LogP contribution is 2.30. The van der Waals surface area contributed by atoms with Crippen molar-refractivity contribution >= 4 is 24.8 Å². The van der Waals surface area contributed by atoms with Gasteiger partial charge in [0.25, 0.3) is 0 Å². The molecule has 0 aliphatic rings. The van der Waals surface area contributed by atoms with Gasteiger partial charge in [-0.05, 0) is 17.7 Å². The maximum Gasteiger partial charge on any atom is 0.416 e. The zero-order valence-corrected chi connectivity index (χ0v) is 11.0. The quantitative estimate of drug-likeness (QED) is 0.895. The number of benzene rings is 1. The number of hydrogen-bond donors (Lipinski definition) is 2. The Morgan fingerprint density at radius 1 is 1.21 bits per heavy atom. The number of hydrogen-bond acceptors (Lipinski definition) is 3. The van der Waals surface area contributed by atoms with Crippen molar-refractivity contribution in [2.45, 2.75) is 12.2 Å². The van der Waals surface area contributed by atoms with Gasteiger partial charge in [0, 0.05) is 0 Å². The first-order chi connectivity index (χ1) is 7.98. The summed E-state index contributed by atoms with van der Waals surface area (Å²) in [6.07, 6.45) is -3.13. The number of halogens is 5. The first-order valence-electron chi connectivity index (χ1n) is 4.76. The summed E-state index contributed by atoms with van der Waals surface area (Å²) < 4.78 is 37.5. The van der Waals surface area contributed by atoms with Gasteiger partial charge in [-0.25, -0.2) is 4.98 Å². The number of nitrogens with zero attached hydrogens (tertiary/aromatic N) is 2. The zero-order valence-electron chi connectivity index (χ0n) is 9.39. The van der Waals surface area contributed by atoms with Crippen molar-refractivity contribution < 1.29 is 13.2 Å². The summed E-state index contributed by atoms with van der Waals surface area (Å²) in [6.45, 7) is 0. The minimum absolute atomic E-state index is 0. The van der Waals surface area contributed by atoms with E-state index in [1.807, 2.05) is 0 Å². The largest absolute Gasteiger partial charge is 0.416 e. The highest BCUT2D eigenvalue weighted by atomic mass is 35.5. The molecule has 1 aromatic heterocycles. The van der Waals surface area contributed by atoms with E-state index in [-0.39, 0.29) is 24.8 Å². The van der Waals surface area contributed by atoms with Crippen LogP contribution in [0.2, 0.25) is 0 Å². The molecule has 1 atom stereocenters. The highest BCUT2D eigenvalue weighted by molar-refractivity contribution is 5.85. The molecule has 3 N–H and O–H groups in total. The Bertz CT molecular complexity index is 502. The molecular weight excluding hydrogens is 304 g/mol. The van der Waals surface area contributed by atoms with Crippen LogP contribution in [0.5, 0.6) is 0 Å². The van der Waals surface area contributed by atoms with Crippen molar-refractivity contribution in [1.29, 1.82) is 0 Å². The van der Waals surface area contributed by atoms with Gasteiger partial charge in [-0.3, -0.25) is 5.10 Å². The Morgan fingerprint density at radius 3 is 2.42 bits per heavy atom. The second-order valence-electron chi connectivity index (χ2n) is 3.47. The molecule has 0 aliphatic heterocycles. The Balaban J connectivity index is 0.00000162. The zero-order chi connectivity index (χ0) is 12.5. The van der Waals surface area contributed by atoms with Crippen LogP contribution in [0.15, 0.2) is 30.6 Å². The molecule has 0 saturated heterocycles. The Hall–Kier alpha value is -1.31. The van der Waals surface area contributed by atoms with E-state index in [0.717, 1.165) is 12.1 Å². The highest BCUT2D eigenvalue weighted by Gasteiger charge is 2.30. The molecule has 2 aromatic rings. The molecular formula is C10H11Cl2F3N4. The smallest absolute Gasteiger partial charge is 0.318 e. The summed E-state index contributed by atoms with van der Waals surface area (Å²) in [6, 6.07) is 4.08. The summed E-state index contributed by atoms with van der Waals surface area (Å²) in [5.41, 5.74) is 5.37. The molecule has 19 heavy (non-hydrogen) atoms.